The molecule has 0 spiro atoms. The zero-order valence-corrected chi connectivity index (χ0v) is 11.1. The molecule has 0 aliphatic rings. The van der Waals surface area contributed by atoms with E-state index in [0.717, 1.165) is 22.4 Å². The van der Waals surface area contributed by atoms with Gasteiger partial charge in [0, 0.05) is 18.6 Å². The summed E-state index contributed by atoms with van der Waals surface area (Å²) in [6.45, 7) is 4.58. The minimum atomic E-state index is -0.151. The second-order valence-electron chi connectivity index (χ2n) is 4.22. The second kappa shape index (κ2) is 6.26. The highest BCUT2D eigenvalue weighted by Gasteiger charge is 2.15. The molecule has 1 atom stereocenters. The molecular formula is C14H18N4O. The minimum Gasteiger partial charge on any atom is -0.492 e. The molecule has 0 saturated heterocycles. The fourth-order valence-electron chi connectivity index (χ4n) is 1.98. The number of nitrogens with two attached hydrogens (primary N) is 1. The highest BCUT2D eigenvalue weighted by atomic mass is 16.5. The normalized spacial score (nSPS) is 12.2. The van der Waals surface area contributed by atoms with E-state index in [1.54, 1.807) is 18.6 Å². The summed E-state index contributed by atoms with van der Waals surface area (Å²) in [5, 5.41) is 0. The van der Waals surface area contributed by atoms with E-state index in [1.165, 1.54) is 0 Å². The third kappa shape index (κ3) is 3.07. The number of hydrazine groups is 1. The number of hydrogen-bond acceptors (Lipinski definition) is 5. The van der Waals surface area contributed by atoms with E-state index in [0.29, 0.717) is 6.61 Å². The SMILES string of the molecule is CCOc1cncc(C(NN)c2cnccc2C)c1. The van der Waals surface area contributed by atoms with Gasteiger partial charge in [-0.05, 0) is 42.7 Å². The van der Waals surface area contributed by atoms with E-state index >= 15 is 0 Å². The second-order valence-corrected chi connectivity index (χ2v) is 4.22. The van der Waals surface area contributed by atoms with Crippen LogP contribution < -0.4 is 16.0 Å². The fraction of sp³-hybridized carbons (Fsp3) is 0.286. The maximum atomic E-state index is 5.68. The van der Waals surface area contributed by atoms with E-state index in [9.17, 15) is 0 Å². The van der Waals surface area contributed by atoms with Crippen molar-refractivity contribution in [1.82, 2.24) is 15.4 Å². The van der Waals surface area contributed by atoms with Crippen molar-refractivity contribution in [3.05, 3.63) is 53.6 Å². The van der Waals surface area contributed by atoms with Gasteiger partial charge < -0.3 is 4.74 Å². The highest BCUT2D eigenvalue weighted by Crippen LogP contribution is 2.25. The van der Waals surface area contributed by atoms with Crippen molar-refractivity contribution in [3.63, 3.8) is 0 Å². The van der Waals surface area contributed by atoms with E-state index in [-0.39, 0.29) is 6.04 Å². The molecule has 2 aromatic heterocycles. The van der Waals surface area contributed by atoms with Crippen LogP contribution in [0, 0.1) is 6.92 Å². The van der Waals surface area contributed by atoms with Gasteiger partial charge in [-0.15, -0.1) is 0 Å². The molecule has 0 aromatic carbocycles. The predicted octanol–water partition coefficient (Wildman–Crippen LogP) is 1.74. The van der Waals surface area contributed by atoms with Crippen molar-refractivity contribution >= 4 is 0 Å². The quantitative estimate of drug-likeness (QED) is 0.631. The van der Waals surface area contributed by atoms with Crippen molar-refractivity contribution in [1.29, 1.82) is 0 Å². The summed E-state index contributed by atoms with van der Waals surface area (Å²) in [7, 11) is 0. The molecule has 3 N–H and O–H groups in total. The van der Waals surface area contributed by atoms with Gasteiger partial charge in [0.25, 0.3) is 0 Å². The molecule has 2 rings (SSSR count). The molecular weight excluding hydrogens is 240 g/mol. The van der Waals surface area contributed by atoms with E-state index in [4.69, 9.17) is 10.6 Å². The molecule has 5 heteroatoms. The number of hydrogen-bond donors (Lipinski definition) is 2. The van der Waals surface area contributed by atoms with Gasteiger partial charge in [-0.3, -0.25) is 15.8 Å². The maximum absolute atomic E-state index is 5.68. The molecule has 1 unspecified atom stereocenters. The van der Waals surface area contributed by atoms with Crippen LogP contribution in [0.15, 0.2) is 36.9 Å². The molecule has 0 aliphatic heterocycles. The summed E-state index contributed by atoms with van der Waals surface area (Å²) in [5.74, 6) is 6.42. The monoisotopic (exact) mass is 258 g/mol. The lowest BCUT2D eigenvalue weighted by Gasteiger charge is -2.18. The summed E-state index contributed by atoms with van der Waals surface area (Å²) >= 11 is 0. The zero-order chi connectivity index (χ0) is 13.7. The van der Waals surface area contributed by atoms with Crippen LogP contribution in [-0.2, 0) is 0 Å². The number of pyridine rings is 2. The molecule has 0 aliphatic carbocycles. The van der Waals surface area contributed by atoms with E-state index in [2.05, 4.69) is 15.4 Å². The first kappa shape index (κ1) is 13.5. The topological polar surface area (TPSA) is 73.1 Å². The summed E-state index contributed by atoms with van der Waals surface area (Å²) in [5.41, 5.74) is 5.91. The maximum Gasteiger partial charge on any atom is 0.137 e. The lowest BCUT2D eigenvalue weighted by atomic mass is 9.98. The van der Waals surface area contributed by atoms with Crippen LogP contribution in [0.5, 0.6) is 5.75 Å². The Balaban J connectivity index is 2.37. The number of aryl methyl sites for hydroxylation is 1. The van der Waals surface area contributed by atoms with Crippen molar-refractivity contribution < 1.29 is 4.74 Å². The minimum absolute atomic E-state index is 0.151. The molecule has 0 bridgehead atoms. The van der Waals surface area contributed by atoms with Crippen molar-refractivity contribution in [2.75, 3.05) is 6.61 Å². The van der Waals surface area contributed by atoms with Gasteiger partial charge in [-0.25, -0.2) is 5.43 Å². The molecule has 100 valence electrons. The smallest absolute Gasteiger partial charge is 0.137 e. The van der Waals surface area contributed by atoms with E-state index in [1.807, 2.05) is 32.2 Å². The lowest BCUT2D eigenvalue weighted by Crippen LogP contribution is -2.29. The Morgan fingerprint density at radius 3 is 2.84 bits per heavy atom. The molecule has 19 heavy (non-hydrogen) atoms. The molecule has 2 aromatic rings. The Kier molecular flexibility index (Phi) is 4.43. The van der Waals surface area contributed by atoms with Gasteiger partial charge in [-0.1, -0.05) is 0 Å². The third-order valence-corrected chi connectivity index (χ3v) is 2.94. The number of rotatable bonds is 5. The van der Waals surface area contributed by atoms with Crippen LogP contribution in [0.4, 0.5) is 0 Å². The van der Waals surface area contributed by atoms with Crippen molar-refractivity contribution in [2.45, 2.75) is 19.9 Å². The van der Waals surface area contributed by atoms with Gasteiger partial charge in [0.15, 0.2) is 0 Å². The van der Waals surface area contributed by atoms with Crippen LogP contribution in [0.3, 0.4) is 0 Å². The van der Waals surface area contributed by atoms with Gasteiger partial charge in [0.05, 0.1) is 18.8 Å². The van der Waals surface area contributed by atoms with Crippen LogP contribution in [-0.4, -0.2) is 16.6 Å². The third-order valence-electron chi connectivity index (χ3n) is 2.94. The number of nitrogens with zero attached hydrogens (tertiary/aromatic N) is 2. The van der Waals surface area contributed by atoms with Crippen molar-refractivity contribution in [2.24, 2.45) is 5.84 Å². The summed E-state index contributed by atoms with van der Waals surface area (Å²) in [6, 6.07) is 3.74. The lowest BCUT2D eigenvalue weighted by molar-refractivity contribution is 0.338. The molecule has 2 heterocycles. The Bertz CT molecular complexity index is 544. The average molecular weight is 258 g/mol. The Hall–Kier alpha value is -1.98. The molecule has 0 saturated carbocycles. The van der Waals surface area contributed by atoms with Gasteiger partial charge in [-0.2, -0.15) is 0 Å². The van der Waals surface area contributed by atoms with Gasteiger partial charge in [0.2, 0.25) is 0 Å². The van der Waals surface area contributed by atoms with Crippen LogP contribution in [0.25, 0.3) is 0 Å². The number of aromatic nitrogens is 2. The van der Waals surface area contributed by atoms with Gasteiger partial charge in [0.1, 0.15) is 5.75 Å². The molecule has 0 radical (unpaired) electrons. The molecule has 0 amide bonds. The van der Waals surface area contributed by atoms with Crippen LogP contribution >= 0.6 is 0 Å². The zero-order valence-electron chi connectivity index (χ0n) is 11.1. The van der Waals surface area contributed by atoms with Crippen LogP contribution in [0.2, 0.25) is 0 Å². The van der Waals surface area contributed by atoms with E-state index < -0.39 is 0 Å². The Morgan fingerprint density at radius 2 is 2.16 bits per heavy atom. The Morgan fingerprint density at radius 1 is 1.32 bits per heavy atom. The predicted molar refractivity (Wildman–Crippen MR) is 73.5 cm³/mol. The summed E-state index contributed by atoms with van der Waals surface area (Å²) in [4.78, 5) is 8.34. The standard InChI is InChI=1S/C14H18N4O/c1-3-19-12-6-11(7-17-8-12)14(18-15)13-9-16-5-4-10(13)2/h4-9,14,18H,3,15H2,1-2H3. The first-order chi connectivity index (χ1) is 9.26. The molecule has 0 fully saturated rings. The number of nitrogens with one attached hydrogen (secondary N) is 1. The first-order valence-corrected chi connectivity index (χ1v) is 6.20. The van der Waals surface area contributed by atoms with Gasteiger partial charge >= 0.3 is 0 Å². The largest absolute Gasteiger partial charge is 0.492 e. The fourth-order valence-corrected chi connectivity index (χ4v) is 1.98. The average Bonchev–Trinajstić information content (AvgIpc) is 2.43. The van der Waals surface area contributed by atoms with Crippen molar-refractivity contribution in [3.8, 4) is 5.75 Å². The molecule has 5 nitrogen and oxygen atoms in total. The first-order valence-electron chi connectivity index (χ1n) is 6.20. The highest BCUT2D eigenvalue weighted by molar-refractivity contribution is 5.36. The number of ether oxygens (including phenoxy) is 1. The summed E-state index contributed by atoms with van der Waals surface area (Å²) in [6.07, 6.45) is 7.05. The Labute approximate surface area is 112 Å². The summed E-state index contributed by atoms with van der Waals surface area (Å²) < 4.78 is 5.46. The van der Waals surface area contributed by atoms with Crippen LogP contribution in [0.1, 0.15) is 29.7 Å².